The zero-order chi connectivity index (χ0) is 13.7. The molecule has 1 aromatic heterocycles. The first kappa shape index (κ1) is 13.6. The lowest BCUT2D eigenvalue weighted by atomic mass is 9.66. The molecule has 0 unspecified atom stereocenters. The van der Waals surface area contributed by atoms with Crippen molar-refractivity contribution >= 4 is 11.9 Å². The minimum absolute atomic E-state index is 0.101. The summed E-state index contributed by atoms with van der Waals surface area (Å²) >= 11 is 0. The van der Waals surface area contributed by atoms with Crippen molar-refractivity contribution in [3.05, 3.63) is 18.5 Å². The van der Waals surface area contributed by atoms with Gasteiger partial charge in [0.2, 0.25) is 5.91 Å². The fraction of sp³-hybridized carbons (Fsp3) is 0.615. The van der Waals surface area contributed by atoms with Crippen LogP contribution in [-0.4, -0.2) is 33.3 Å². The summed E-state index contributed by atoms with van der Waals surface area (Å²) in [5, 5.41) is 16.0. The van der Waals surface area contributed by atoms with E-state index in [4.69, 9.17) is 5.11 Å². The van der Waals surface area contributed by atoms with E-state index in [1.165, 1.54) is 0 Å². The van der Waals surface area contributed by atoms with Crippen LogP contribution in [0.25, 0.3) is 0 Å². The minimum atomic E-state index is -0.842. The fourth-order valence-electron chi connectivity index (χ4n) is 2.34. The normalized spacial score (nSPS) is 16.6. The number of amides is 1. The Labute approximate surface area is 111 Å². The van der Waals surface area contributed by atoms with Crippen LogP contribution >= 0.6 is 0 Å². The lowest BCUT2D eigenvalue weighted by molar-refractivity contribution is -0.157. The molecule has 1 amide bonds. The van der Waals surface area contributed by atoms with Gasteiger partial charge in [-0.15, -0.1) is 0 Å². The number of rotatable bonds is 7. The highest BCUT2D eigenvalue weighted by atomic mass is 16.4. The highest BCUT2D eigenvalue weighted by Crippen LogP contribution is 2.44. The first-order valence-electron chi connectivity index (χ1n) is 6.60. The topological polar surface area (TPSA) is 84.2 Å². The first-order valence-corrected chi connectivity index (χ1v) is 6.60. The molecule has 0 aromatic carbocycles. The second-order valence-electron chi connectivity index (χ2n) is 5.09. The quantitative estimate of drug-likeness (QED) is 0.721. The molecule has 1 aliphatic carbocycles. The van der Waals surface area contributed by atoms with Gasteiger partial charge in [-0.05, 0) is 25.3 Å². The van der Waals surface area contributed by atoms with Crippen molar-refractivity contribution in [2.45, 2.75) is 38.6 Å². The highest BCUT2D eigenvalue weighted by Gasteiger charge is 2.45. The Bertz CT molecular complexity index is 438. The number of nitrogens with zero attached hydrogens (tertiary/aromatic N) is 2. The molecule has 1 aromatic rings. The predicted molar refractivity (Wildman–Crippen MR) is 68.4 cm³/mol. The molecule has 2 N–H and O–H groups in total. The molecule has 1 heterocycles. The van der Waals surface area contributed by atoms with Crippen molar-refractivity contribution in [2.75, 3.05) is 6.54 Å². The number of carboxylic acid groups (broad SMARTS) is 1. The van der Waals surface area contributed by atoms with Crippen LogP contribution in [0.2, 0.25) is 0 Å². The van der Waals surface area contributed by atoms with Crippen molar-refractivity contribution in [3.63, 3.8) is 0 Å². The van der Waals surface area contributed by atoms with Gasteiger partial charge < -0.3 is 10.4 Å². The summed E-state index contributed by atoms with van der Waals surface area (Å²) in [4.78, 5) is 22.9. The SMILES string of the molecule is O=C(CC1(C(=O)O)CCC1)NCCCn1cccn1. The maximum absolute atomic E-state index is 11.7. The van der Waals surface area contributed by atoms with Gasteiger partial charge in [-0.2, -0.15) is 5.10 Å². The molecule has 0 atom stereocenters. The van der Waals surface area contributed by atoms with Crippen LogP contribution in [-0.2, 0) is 16.1 Å². The summed E-state index contributed by atoms with van der Waals surface area (Å²) in [6.45, 7) is 1.30. The van der Waals surface area contributed by atoms with Crippen LogP contribution < -0.4 is 5.32 Å². The van der Waals surface area contributed by atoms with Gasteiger partial charge in [-0.1, -0.05) is 6.42 Å². The molecule has 19 heavy (non-hydrogen) atoms. The zero-order valence-corrected chi connectivity index (χ0v) is 10.8. The molecule has 0 spiro atoms. The van der Waals surface area contributed by atoms with E-state index < -0.39 is 11.4 Å². The zero-order valence-electron chi connectivity index (χ0n) is 10.8. The largest absolute Gasteiger partial charge is 0.481 e. The molecule has 1 fully saturated rings. The van der Waals surface area contributed by atoms with Gasteiger partial charge in [0.25, 0.3) is 0 Å². The Kier molecular flexibility index (Phi) is 4.19. The van der Waals surface area contributed by atoms with E-state index in [1.807, 2.05) is 12.3 Å². The summed E-state index contributed by atoms with van der Waals surface area (Å²) < 4.78 is 1.80. The maximum atomic E-state index is 11.7. The molecule has 6 nitrogen and oxygen atoms in total. The Morgan fingerprint density at radius 1 is 1.42 bits per heavy atom. The second-order valence-corrected chi connectivity index (χ2v) is 5.09. The van der Waals surface area contributed by atoms with Crippen molar-refractivity contribution in [1.82, 2.24) is 15.1 Å². The van der Waals surface area contributed by atoms with E-state index in [0.717, 1.165) is 19.4 Å². The van der Waals surface area contributed by atoms with Crippen molar-refractivity contribution < 1.29 is 14.7 Å². The average Bonchev–Trinajstić information content (AvgIpc) is 2.82. The third-order valence-corrected chi connectivity index (χ3v) is 3.71. The van der Waals surface area contributed by atoms with Crippen molar-refractivity contribution in [2.24, 2.45) is 5.41 Å². The molecule has 104 valence electrons. The van der Waals surface area contributed by atoms with Gasteiger partial charge in [-0.3, -0.25) is 14.3 Å². The molecule has 1 aliphatic rings. The van der Waals surface area contributed by atoms with Crippen molar-refractivity contribution in [3.8, 4) is 0 Å². The van der Waals surface area contributed by atoms with Crippen molar-refractivity contribution in [1.29, 1.82) is 0 Å². The van der Waals surface area contributed by atoms with Crippen LogP contribution in [0.4, 0.5) is 0 Å². The number of carbonyl (C=O) groups is 2. The van der Waals surface area contributed by atoms with Gasteiger partial charge in [0.15, 0.2) is 0 Å². The summed E-state index contributed by atoms with van der Waals surface area (Å²) in [7, 11) is 0. The third kappa shape index (κ3) is 3.33. The number of aryl methyl sites for hydroxylation is 1. The van der Waals surface area contributed by atoms with E-state index in [9.17, 15) is 9.59 Å². The summed E-state index contributed by atoms with van der Waals surface area (Å²) in [6.07, 6.45) is 6.60. The molecule has 0 saturated heterocycles. The van der Waals surface area contributed by atoms with E-state index in [0.29, 0.717) is 19.4 Å². The summed E-state index contributed by atoms with van der Waals surface area (Å²) in [5.74, 6) is -1.01. The molecule has 0 radical (unpaired) electrons. The lowest BCUT2D eigenvalue weighted by Gasteiger charge is -2.36. The maximum Gasteiger partial charge on any atom is 0.310 e. The van der Waals surface area contributed by atoms with Crippen LogP contribution in [0, 0.1) is 5.41 Å². The lowest BCUT2D eigenvalue weighted by Crippen LogP contribution is -2.42. The van der Waals surface area contributed by atoms with E-state index in [-0.39, 0.29) is 12.3 Å². The third-order valence-electron chi connectivity index (χ3n) is 3.71. The van der Waals surface area contributed by atoms with Gasteiger partial charge in [0.05, 0.1) is 5.41 Å². The average molecular weight is 265 g/mol. The predicted octanol–water partition coefficient (Wildman–Crippen LogP) is 1.03. The number of hydrogen-bond acceptors (Lipinski definition) is 3. The Morgan fingerprint density at radius 2 is 2.21 bits per heavy atom. The number of carbonyl (C=O) groups excluding carboxylic acids is 1. The molecule has 0 bridgehead atoms. The molecule has 1 saturated carbocycles. The van der Waals surface area contributed by atoms with Gasteiger partial charge >= 0.3 is 5.97 Å². The van der Waals surface area contributed by atoms with Crippen LogP contribution in [0.15, 0.2) is 18.5 Å². The number of hydrogen-bond donors (Lipinski definition) is 2. The van der Waals surface area contributed by atoms with Crippen LogP contribution in [0.5, 0.6) is 0 Å². The molecule has 6 heteroatoms. The summed E-state index contributed by atoms with van der Waals surface area (Å²) in [6, 6.07) is 1.85. The number of carboxylic acids is 1. The Hall–Kier alpha value is -1.85. The van der Waals surface area contributed by atoms with E-state index in [1.54, 1.807) is 10.9 Å². The van der Waals surface area contributed by atoms with E-state index >= 15 is 0 Å². The summed E-state index contributed by atoms with van der Waals surface area (Å²) in [5.41, 5.74) is -0.800. The van der Waals surface area contributed by atoms with Gasteiger partial charge in [-0.25, -0.2) is 0 Å². The number of aromatic nitrogens is 2. The van der Waals surface area contributed by atoms with Gasteiger partial charge in [0, 0.05) is 31.9 Å². The molecule has 2 rings (SSSR count). The van der Waals surface area contributed by atoms with Crippen LogP contribution in [0.1, 0.15) is 32.1 Å². The Balaban J connectivity index is 1.66. The highest BCUT2D eigenvalue weighted by molar-refractivity contribution is 5.85. The number of aliphatic carboxylic acids is 1. The van der Waals surface area contributed by atoms with E-state index in [2.05, 4.69) is 10.4 Å². The fourth-order valence-corrected chi connectivity index (χ4v) is 2.34. The standard InChI is InChI=1S/C13H19N3O3/c17-11(10-13(12(18)19)4-1-5-13)14-6-2-8-16-9-3-7-15-16/h3,7,9H,1-2,4-6,8,10H2,(H,14,17)(H,18,19). The van der Waals surface area contributed by atoms with Gasteiger partial charge in [0.1, 0.15) is 0 Å². The first-order chi connectivity index (χ1) is 9.12. The second kappa shape index (κ2) is 5.86. The number of nitrogens with one attached hydrogen (secondary N) is 1. The minimum Gasteiger partial charge on any atom is -0.481 e. The molecule has 0 aliphatic heterocycles. The molecular weight excluding hydrogens is 246 g/mol. The Morgan fingerprint density at radius 3 is 2.74 bits per heavy atom. The van der Waals surface area contributed by atoms with Crippen LogP contribution in [0.3, 0.4) is 0 Å². The smallest absolute Gasteiger partial charge is 0.310 e. The monoisotopic (exact) mass is 265 g/mol. The molecular formula is C13H19N3O3.